The first-order valence-electron chi connectivity index (χ1n) is 7.46. The molecule has 0 heterocycles. The van der Waals surface area contributed by atoms with Crippen LogP contribution in [0.25, 0.3) is 0 Å². The molecule has 0 radical (unpaired) electrons. The first kappa shape index (κ1) is 18.1. The highest BCUT2D eigenvalue weighted by atomic mass is 79.9. The van der Waals surface area contributed by atoms with Crippen LogP contribution in [0.15, 0.2) is 27.1 Å². The standard InChI is InChI=1S/C16H26Br2N2/c1-4-20(5-2)10-6-7-13(3)19-12-14-8-9-15(17)16(18)11-14/h8-9,11,13,19H,4-7,10,12H2,1-3H3. The third-order valence-electron chi connectivity index (χ3n) is 3.64. The molecule has 1 aromatic carbocycles. The fourth-order valence-corrected chi connectivity index (χ4v) is 2.88. The van der Waals surface area contributed by atoms with E-state index in [0.717, 1.165) is 28.6 Å². The van der Waals surface area contributed by atoms with Crippen LogP contribution in [0, 0.1) is 0 Å². The Bertz CT molecular complexity index is 392. The molecule has 1 unspecified atom stereocenters. The molecule has 1 N–H and O–H groups in total. The molecule has 4 heteroatoms. The molecule has 114 valence electrons. The summed E-state index contributed by atoms with van der Waals surface area (Å²) in [6, 6.07) is 6.98. The number of benzene rings is 1. The van der Waals surface area contributed by atoms with Crippen molar-refractivity contribution in [2.75, 3.05) is 19.6 Å². The lowest BCUT2D eigenvalue weighted by molar-refractivity contribution is 0.290. The summed E-state index contributed by atoms with van der Waals surface area (Å²) in [5, 5.41) is 3.60. The van der Waals surface area contributed by atoms with Crippen molar-refractivity contribution in [3.05, 3.63) is 32.7 Å². The van der Waals surface area contributed by atoms with E-state index in [1.54, 1.807) is 0 Å². The van der Waals surface area contributed by atoms with Crippen LogP contribution in [-0.4, -0.2) is 30.6 Å². The number of halogens is 2. The van der Waals surface area contributed by atoms with Gasteiger partial charge in [-0.2, -0.15) is 0 Å². The zero-order valence-electron chi connectivity index (χ0n) is 12.8. The number of hydrogen-bond donors (Lipinski definition) is 1. The summed E-state index contributed by atoms with van der Waals surface area (Å²) in [6.07, 6.45) is 2.49. The van der Waals surface area contributed by atoms with Crippen molar-refractivity contribution < 1.29 is 0 Å². The molecule has 1 aromatic rings. The third-order valence-corrected chi connectivity index (χ3v) is 5.52. The van der Waals surface area contributed by atoms with Crippen LogP contribution in [0.1, 0.15) is 39.2 Å². The van der Waals surface area contributed by atoms with Crippen LogP contribution in [0.4, 0.5) is 0 Å². The van der Waals surface area contributed by atoms with Gasteiger partial charge in [-0.05, 0) is 89.0 Å². The number of hydrogen-bond acceptors (Lipinski definition) is 2. The Balaban J connectivity index is 2.25. The van der Waals surface area contributed by atoms with E-state index < -0.39 is 0 Å². The molecule has 1 atom stereocenters. The zero-order chi connectivity index (χ0) is 15.0. The molecule has 0 aliphatic carbocycles. The van der Waals surface area contributed by atoms with Gasteiger partial charge in [0.05, 0.1) is 0 Å². The lowest BCUT2D eigenvalue weighted by Crippen LogP contribution is -2.28. The average molecular weight is 406 g/mol. The summed E-state index contributed by atoms with van der Waals surface area (Å²) in [5.74, 6) is 0. The number of nitrogens with zero attached hydrogens (tertiary/aromatic N) is 1. The molecule has 20 heavy (non-hydrogen) atoms. The van der Waals surface area contributed by atoms with Gasteiger partial charge in [-0.25, -0.2) is 0 Å². The van der Waals surface area contributed by atoms with Crippen molar-refractivity contribution in [2.45, 2.75) is 46.2 Å². The molecule has 0 saturated heterocycles. The zero-order valence-corrected chi connectivity index (χ0v) is 15.9. The summed E-state index contributed by atoms with van der Waals surface area (Å²) in [5.41, 5.74) is 1.32. The topological polar surface area (TPSA) is 15.3 Å². The first-order valence-corrected chi connectivity index (χ1v) is 9.05. The molecule has 2 nitrogen and oxygen atoms in total. The molecule has 0 spiro atoms. The SMILES string of the molecule is CCN(CC)CCCC(C)NCc1ccc(Br)c(Br)c1. The quantitative estimate of drug-likeness (QED) is 0.633. The van der Waals surface area contributed by atoms with Gasteiger partial charge in [0.1, 0.15) is 0 Å². The van der Waals surface area contributed by atoms with Gasteiger partial charge >= 0.3 is 0 Å². The van der Waals surface area contributed by atoms with Crippen LogP contribution in [0.2, 0.25) is 0 Å². The first-order chi connectivity index (χ1) is 9.56. The van der Waals surface area contributed by atoms with E-state index >= 15 is 0 Å². The van der Waals surface area contributed by atoms with Gasteiger partial charge in [0.15, 0.2) is 0 Å². The van der Waals surface area contributed by atoms with E-state index in [4.69, 9.17) is 0 Å². The largest absolute Gasteiger partial charge is 0.310 e. The second kappa shape index (κ2) is 9.93. The minimum atomic E-state index is 0.563. The monoisotopic (exact) mass is 404 g/mol. The maximum Gasteiger partial charge on any atom is 0.0320 e. The number of nitrogens with one attached hydrogen (secondary N) is 1. The van der Waals surface area contributed by atoms with E-state index in [2.05, 4.69) is 81.0 Å². The van der Waals surface area contributed by atoms with Crippen LogP contribution in [0.3, 0.4) is 0 Å². The Morgan fingerprint density at radius 2 is 1.85 bits per heavy atom. The van der Waals surface area contributed by atoms with Gasteiger partial charge in [0, 0.05) is 21.5 Å². The van der Waals surface area contributed by atoms with Crippen molar-refractivity contribution in [1.29, 1.82) is 0 Å². The smallest absolute Gasteiger partial charge is 0.0320 e. The summed E-state index contributed by atoms with van der Waals surface area (Å²) in [4.78, 5) is 2.48. The van der Waals surface area contributed by atoms with Crippen molar-refractivity contribution >= 4 is 31.9 Å². The molecule has 0 aliphatic rings. The van der Waals surface area contributed by atoms with E-state index in [-0.39, 0.29) is 0 Å². The molecule has 0 fully saturated rings. The molecule has 0 aromatic heterocycles. The Labute approximate surface area is 140 Å². The highest BCUT2D eigenvalue weighted by molar-refractivity contribution is 9.13. The Hall–Kier alpha value is 0.1000. The molecule has 1 rings (SSSR count). The fraction of sp³-hybridized carbons (Fsp3) is 0.625. The Morgan fingerprint density at radius 3 is 2.45 bits per heavy atom. The maximum atomic E-state index is 3.60. The second-order valence-corrected chi connectivity index (χ2v) is 6.91. The normalized spacial score (nSPS) is 12.9. The van der Waals surface area contributed by atoms with Gasteiger partial charge < -0.3 is 10.2 Å². The molecule has 0 bridgehead atoms. The molecular formula is C16H26Br2N2. The van der Waals surface area contributed by atoms with Gasteiger partial charge in [0.2, 0.25) is 0 Å². The lowest BCUT2D eigenvalue weighted by atomic mass is 10.1. The van der Waals surface area contributed by atoms with E-state index in [9.17, 15) is 0 Å². The van der Waals surface area contributed by atoms with E-state index in [1.807, 2.05) is 0 Å². The maximum absolute atomic E-state index is 3.60. The lowest BCUT2D eigenvalue weighted by Gasteiger charge is -2.20. The highest BCUT2D eigenvalue weighted by Gasteiger charge is 2.05. The second-order valence-electron chi connectivity index (χ2n) is 5.20. The minimum Gasteiger partial charge on any atom is -0.310 e. The van der Waals surface area contributed by atoms with Crippen molar-refractivity contribution in [3.8, 4) is 0 Å². The molecule has 0 saturated carbocycles. The molecule has 0 aliphatic heterocycles. The molecular weight excluding hydrogens is 380 g/mol. The van der Waals surface area contributed by atoms with Gasteiger partial charge in [0.25, 0.3) is 0 Å². The van der Waals surface area contributed by atoms with Crippen molar-refractivity contribution in [3.63, 3.8) is 0 Å². The van der Waals surface area contributed by atoms with Crippen LogP contribution in [-0.2, 0) is 6.54 Å². The predicted octanol–water partition coefficient (Wildman–Crippen LogP) is 4.81. The van der Waals surface area contributed by atoms with Crippen molar-refractivity contribution in [1.82, 2.24) is 10.2 Å². The van der Waals surface area contributed by atoms with Crippen LogP contribution in [0.5, 0.6) is 0 Å². The van der Waals surface area contributed by atoms with E-state index in [1.165, 1.54) is 24.9 Å². The van der Waals surface area contributed by atoms with Gasteiger partial charge in [-0.1, -0.05) is 19.9 Å². The third kappa shape index (κ3) is 6.70. The Kier molecular flexibility index (Phi) is 9.01. The minimum absolute atomic E-state index is 0.563. The average Bonchev–Trinajstić information content (AvgIpc) is 2.45. The predicted molar refractivity (Wildman–Crippen MR) is 95.2 cm³/mol. The van der Waals surface area contributed by atoms with Gasteiger partial charge in [-0.15, -0.1) is 0 Å². The van der Waals surface area contributed by atoms with Crippen LogP contribution >= 0.6 is 31.9 Å². The van der Waals surface area contributed by atoms with Gasteiger partial charge in [-0.3, -0.25) is 0 Å². The molecule has 0 amide bonds. The summed E-state index contributed by atoms with van der Waals surface area (Å²) < 4.78 is 2.22. The summed E-state index contributed by atoms with van der Waals surface area (Å²) >= 11 is 7.05. The van der Waals surface area contributed by atoms with Crippen molar-refractivity contribution in [2.24, 2.45) is 0 Å². The highest BCUT2D eigenvalue weighted by Crippen LogP contribution is 2.23. The van der Waals surface area contributed by atoms with E-state index in [0.29, 0.717) is 6.04 Å². The summed E-state index contributed by atoms with van der Waals surface area (Å²) in [7, 11) is 0. The Morgan fingerprint density at radius 1 is 1.15 bits per heavy atom. The van der Waals surface area contributed by atoms with Crippen LogP contribution < -0.4 is 5.32 Å². The summed E-state index contributed by atoms with van der Waals surface area (Å²) in [6.45, 7) is 11.2. The number of rotatable bonds is 9. The fourth-order valence-electron chi connectivity index (χ4n) is 2.20.